The van der Waals surface area contributed by atoms with Crippen molar-refractivity contribution in [1.29, 1.82) is 0 Å². The molecule has 0 spiro atoms. The van der Waals surface area contributed by atoms with Gasteiger partial charge in [-0.3, -0.25) is 0 Å². The Bertz CT molecular complexity index is 975. The van der Waals surface area contributed by atoms with E-state index in [9.17, 15) is 9.59 Å². The van der Waals surface area contributed by atoms with Crippen molar-refractivity contribution in [2.24, 2.45) is 17.8 Å². The molecule has 0 aliphatic heterocycles. The Morgan fingerprint density at radius 1 is 1.09 bits per heavy atom. The summed E-state index contributed by atoms with van der Waals surface area (Å²) in [5.41, 5.74) is 0.955. The lowest BCUT2D eigenvalue weighted by Crippen LogP contribution is -2.36. The maximum absolute atomic E-state index is 12.7. The van der Waals surface area contributed by atoms with Crippen LogP contribution in [0.5, 0.6) is 5.75 Å². The molecule has 2 aromatic carbocycles. The Labute approximate surface area is 205 Å². The van der Waals surface area contributed by atoms with Crippen LogP contribution in [-0.2, 0) is 20.9 Å². The fraction of sp³-hybridized carbons (Fsp3) is 0.462. The minimum atomic E-state index is -0.651. The van der Waals surface area contributed by atoms with Crippen LogP contribution in [0.15, 0.2) is 42.5 Å². The fourth-order valence-corrected chi connectivity index (χ4v) is 4.67. The first-order valence-corrected chi connectivity index (χ1v) is 12.0. The van der Waals surface area contributed by atoms with Crippen LogP contribution in [0.25, 0.3) is 0 Å². The number of benzene rings is 2. The number of carbonyl (C=O) groups excluding carboxylic acids is 2. The molecule has 0 saturated heterocycles. The molecule has 178 valence electrons. The monoisotopic (exact) mass is 492 g/mol. The van der Waals surface area contributed by atoms with Crippen molar-refractivity contribution in [3.63, 3.8) is 0 Å². The van der Waals surface area contributed by atoms with Gasteiger partial charge in [0.25, 0.3) is 0 Å². The Balaban J connectivity index is 1.57. The number of halogens is 2. The SMILES string of the molecule is CC1CCC(C(C)C)C(OC(=O)COC(=O)c2ccccc2OCc2ccc(Cl)cc2Cl)C1. The van der Waals surface area contributed by atoms with Crippen molar-refractivity contribution >= 4 is 35.1 Å². The Kier molecular flexibility index (Phi) is 9.04. The lowest BCUT2D eigenvalue weighted by atomic mass is 9.75. The van der Waals surface area contributed by atoms with E-state index in [1.54, 1.807) is 42.5 Å². The number of hydrogen-bond donors (Lipinski definition) is 0. The van der Waals surface area contributed by atoms with Gasteiger partial charge in [0, 0.05) is 15.6 Å². The molecule has 1 aliphatic carbocycles. The topological polar surface area (TPSA) is 61.8 Å². The molecule has 0 bridgehead atoms. The summed E-state index contributed by atoms with van der Waals surface area (Å²) < 4.78 is 16.8. The Hall–Kier alpha value is -2.24. The van der Waals surface area contributed by atoms with Crippen molar-refractivity contribution in [2.45, 2.75) is 52.7 Å². The number of para-hydroxylation sites is 1. The molecular formula is C26H30Cl2O5. The van der Waals surface area contributed by atoms with Crippen LogP contribution >= 0.6 is 23.2 Å². The van der Waals surface area contributed by atoms with Crippen LogP contribution in [0, 0.1) is 17.8 Å². The van der Waals surface area contributed by atoms with Crippen LogP contribution in [0.1, 0.15) is 56.0 Å². The molecule has 0 aromatic heterocycles. The number of esters is 2. The summed E-state index contributed by atoms with van der Waals surface area (Å²) in [6.45, 7) is 6.18. The predicted molar refractivity (Wildman–Crippen MR) is 129 cm³/mol. The van der Waals surface area contributed by atoms with Gasteiger partial charge >= 0.3 is 11.9 Å². The van der Waals surface area contributed by atoms with E-state index in [-0.39, 0.29) is 18.3 Å². The number of ether oxygens (including phenoxy) is 3. The summed E-state index contributed by atoms with van der Waals surface area (Å²) >= 11 is 12.1. The molecule has 5 nitrogen and oxygen atoms in total. The zero-order valence-electron chi connectivity index (χ0n) is 19.2. The second kappa shape index (κ2) is 11.8. The Morgan fingerprint density at radius 2 is 1.85 bits per heavy atom. The van der Waals surface area contributed by atoms with Crippen molar-refractivity contribution in [3.8, 4) is 5.75 Å². The van der Waals surface area contributed by atoms with Gasteiger partial charge in [0.15, 0.2) is 6.61 Å². The maximum atomic E-state index is 12.7. The van der Waals surface area contributed by atoms with Crippen molar-refractivity contribution in [3.05, 3.63) is 63.6 Å². The van der Waals surface area contributed by atoms with E-state index in [0.717, 1.165) is 24.8 Å². The van der Waals surface area contributed by atoms with Crippen molar-refractivity contribution in [1.82, 2.24) is 0 Å². The second-order valence-electron chi connectivity index (χ2n) is 8.95. The van der Waals surface area contributed by atoms with Gasteiger partial charge in [0.2, 0.25) is 0 Å². The molecular weight excluding hydrogens is 463 g/mol. The highest BCUT2D eigenvalue weighted by atomic mass is 35.5. The molecule has 0 radical (unpaired) electrons. The van der Waals surface area contributed by atoms with Gasteiger partial charge < -0.3 is 14.2 Å². The molecule has 3 atom stereocenters. The number of hydrogen-bond acceptors (Lipinski definition) is 5. The van der Waals surface area contributed by atoms with E-state index >= 15 is 0 Å². The van der Waals surface area contributed by atoms with Gasteiger partial charge in [-0.1, -0.05) is 68.6 Å². The quantitative estimate of drug-likeness (QED) is 0.382. The third kappa shape index (κ3) is 7.12. The van der Waals surface area contributed by atoms with Crippen LogP contribution in [0.4, 0.5) is 0 Å². The summed E-state index contributed by atoms with van der Waals surface area (Å²) in [5.74, 6) is 0.425. The van der Waals surface area contributed by atoms with Gasteiger partial charge in [-0.2, -0.15) is 0 Å². The third-order valence-electron chi connectivity index (χ3n) is 6.07. The third-order valence-corrected chi connectivity index (χ3v) is 6.66. The van der Waals surface area contributed by atoms with Crippen molar-refractivity contribution < 1.29 is 23.8 Å². The zero-order chi connectivity index (χ0) is 24.0. The van der Waals surface area contributed by atoms with E-state index in [1.165, 1.54) is 0 Å². The summed E-state index contributed by atoms with van der Waals surface area (Å²) in [5, 5.41) is 1.00. The van der Waals surface area contributed by atoms with E-state index < -0.39 is 18.5 Å². The average Bonchev–Trinajstić information content (AvgIpc) is 2.77. The molecule has 0 amide bonds. The largest absolute Gasteiger partial charge is 0.488 e. The normalized spacial score (nSPS) is 20.4. The molecule has 33 heavy (non-hydrogen) atoms. The lowest BCUT2D eigenvalue weighted by Gasteiger charge is -2.36. The molecule has 1 saturated carbocycles. The highest BCUT2D eigenvalue weighted by Gasteiger charge is 2.33. The van der Waals surface area contributed by atoms with Gasteiger partial charge in [-0.25, -0.2) is 9.59 Å². The number of rotatable bonds is 8. The van der Waals surface area contributed by atoms with E-state index in [2.05, 4.69) is 20.8 Å². The van der Waals surface area contributed by atoms with Crippen LogP contribution in [0.2, 0.25) is 10.0 Å². The zero-order valence-corrected chi connectivity index (χ0v) is 20.7. The van der Waals surface area contributed by atoms with Gasteiger partial charge in [-0.05, 0) is 54.9 Å². The molecule has 0 heterocycles. The summed E-state index contributed by atoms with van der Waals surface area (Å²) in [6, 6.07) is 11.8. The molecule has 1 fully saturated rings. The van der Waals surface area contributed by atoms with Crippen LogP contribution < -0.4 is 4.74 Å². The van der Waals surface area contributed by atoms with Gasteiger partial charge in [-0.15, -0.1) is 0 Å². The van der Waals surface area contributed by atoms with Crippen molar-refractivity contribution in [2.75, 3.05) is 6.61 Å². The predicted octanol–water partition coefficient (Wildman–Crippen LogP) is 6.73. The van der Waals surface area contributed by atoms with Crippen LogP contribution in [-0.4, -0.2) is 24.6 Å². The summed E-state index contributed by atoms with van der Waals surface area (Å²) in [6.07, 6.45) is 2.88. The Morgan fingerprint density at radius 3 is 2.58 bits per heavy atom. The van der Waals surface area contributed by atoms with E-state index in [1.807, 2.05) is 0 Å². The molecule has 2 aromatic rings. The van der Waals surface area contributed by atoms with E-state index in [0.29, 0.717) is 33.5 Å². The standard InChI is InChI=1S/C26H30Cl2O5/c1-16(2)20-11-8-17(3)12-24(20)33-25(29)15-32-26(30)21-6-4-5-7-23(21)31-14-18-9-10-19(27)13-22(18)28/h4-7,9-10,13,16-17,20,24H,8,11-12,14-15H2,1-3H3. The highest BCUT2D eigenvalue weighted by Crippen LogP contribution is 2.35. The van der Waals surface area contributed by atoms with E-state index in [4.69, 9.17) is 37.4 Å². The smallest absolute Gasteiger partial charge is 0.344 e. The number of carbonyl (C=O) groups is 2. The summed E-state index contributed by atoms with van der Waals surface area (Å²) in [4.78, 5) is 25.1. The van der Waals surface area contributed by atoms with Crippen LogP contribution in [0.3, 0.4) is 0 Å². The first-order chi connectivity index (χ1) is 15.7. The second-order valence-corrected chi connectivity index (χ2v) is 9.79. The van der Waals surface area contributed by atoms with Gasteiger partial charge in [0.1, 0.15) is 24.0 Å². The highest BCUT2D eigenvalue weighted by molar-refractivity contribution is 6.35. The molecule has 1 aliphatic rings. The lowest BCUT2D eigenvalue weighted by molar-refractivity contribution is -0.159. The van der Waals surface area contributed by atoms with Gasteiger partial charge in [0.05, 0.1) is 0 Å². The molecule has 3 rings (SSSR count). The molecule has 3 unspecified atom stereocenters. The first kappa shape index (κ1) is 25.4. The molecule has 0 N–H and O–H groups in total. The average molecular weight is 493 g/mol. The minimum Gasteiger partial charge on any atom is -0.488 e. The first-order valence-electron chi connectivity index (χ1n) is 11.3. The maximum Gasteiger partial charge on any atom is 0.344 e. The molecule has 7 heteroatoms. The minimum absolute atomic E-state index is 0.139. The summed E-state index contributed by atoms with van der Waals surface area (Å²) in [7, 11) is 0. The fourth-order valence-electron chi connectivity index (χ4n) is 4.21.